The van der Waals surface area contributed by atoms with E-state index in [0.717, 1.165) is 0 Å². The second kappa shape index (κ2) is 3.29. The molecule has 0 saturated heterocycles. The van der Waals surface area contributed by atoms with Crippen molar-refractivity contribution in [2.45, 2.75) is 19.3 Å². The van der Waals surface area contributed by atoms with Crippen LogP contribution in [0.1, 0.15) is 19.3 Å². The molecule has 0 aromatic rings. The lowest BCUT2D eigenvalue weighted by Gasteiger charge is -2.30. The van der Waals surface area contributed by atoms with E-state index >= 15 is 0 Å². The summed E-state index contributed by atoms with van der Waals surface area (Å²) in [7, 11) is 1.27. The van der Waals surface area contributed by atoms with Crippen molar-refractivity contribution in [3.8, 4) is 0 Å². The summed E-state index contributed by atoms with van der Waals surface area (Å²) >= 11 is 0. The first-order chi connectivity index (χ1) is 7.11. The van der Waals surface area contributed by atoms with Crippen LogP contribution in [0.25, 0.3) is 0 Å². The number of ether oxygens (including phenoxy) is 1. The van der Waals surface area contributed by atoms with Gasteiger partial charge in [-0.3, -0.25) is 14.4 Å². The molecule has 0 N–H and O–H groups in total. The minimum atomic E-state index is -1.16. The van der Waals surface area contributed by atoms with E-state index in [4.69, 9.17) is 0 Å². The van der Waals surface area contributed by atoms with Gasteiger partial charge in [0.15, 0.2) is 11.6 Å². The molecule has 0 heterocycles. The Labute approximate surface area is 87.3 Å². The average molecular weight is 208 g/mol. The quantitative estimate of drug-likeness (QED) is 0.469. The second-order valence-electron chi connectivity index (χ2n) is 4.02. The van der Waals surface area contributed by atoms with Crippen molar-refractivity contribution < 1.29 is 19.1 Å². The predicted octanol–water partition coefficient (Wildman–Crippen LogP) is 0.654. The lowest BCUT2D eigenvalue weighted by atomic mass is 9.71. The summed E-state index contributed by atoms with van der Waals surface area (Å²) < 4.78 is 4.68. The number of rotatable bonds is 1. The van der Waals surface area contributed by atoms with Crippen LogP contribution in [-0.4, -0.2) is 24.6 Å². The molecule has 0 radical (unpaired) electrons. The van der Waals surface area contributed by atoms with Gasteiger partial charge in [-0.1, -0.05) is 6.08 Å². The number of carbonyl (C=O) groups excluding carboxylic acids is 3. The largest absolute Gasteiger partial charge is 0.468 e. The summed E-state index contributed by atoms with van der Waals surface area (Å²) in [5.41, 5.74) is -1.16. The summed E-state index contributed by atoms with van der Waals surface area (Å²) in [6.45, 7) is 0. The monoisotopic (exact) mass is 208 g/mol. The van der Waals surface area contributed by atoms with Crippen molar-refractivity contribution in [3.63, 3.8) is 0 Å². The molecule has 4 nitrogen and oxygen atoms in total. The number of ketones is 2. The lowest BCUT2D eigenvalue weighted by Crippen LogP contribution is -2.42. The smallest absolute Gasteiger partial charge is 0.323 e. The molecule has 2 aliphatic carbocycles. The Morgan fingerprint density at radius 1 is 1.53 bits per heavy atom. The standard InChI is InChI=1S/C11H12O4/c1-15-10(14)11-5-4-8(12)6-7(11)2-3-9(11)13/h4-5,7H,2-3,6H2,1H3. The Balaban J connectivity index is 2.47. The number of hydrogen-bond acceptors (Lipinski definition) is 4. The highest BCUT2D eigenvalue weighted by Crippen LogP contribution is 2.46. The van der Waals surface area contributed by atoms with Gasteiger partial charge in [-0.2, -0.15) is 0 Å². The third kappa shape index (κ3) is 1.24. The molecule has 2 aliphatic rings. The first-order valence-electron chi connectivity index (χ1n) is 4.95. The number of fused-ring (bicyclic) bond motifs is 1. The van der Waals surface area contributed by atoms with E-state index in [1.807, 2.05) is 0 Å². The van der Waals surface area contributed by atoms with Crippen LogP contribution >= 0.6 is 0 Å². The number of carbonyl (C=O) groups is 3. The van der Waals surface area contributed by atoms with Crippen molar-refractivity contribution in [2.75, 3.05) is 7.11 Å². The van der Waals surface area contributed by atoms with Crippen LogP contribution in [0.15, 0.2) is 12.2 Å². The van der Waals surface area contributed by atoms with Gasteiger partial charge >= 0.3 is 5.97 Å². The van der Waals surface area contributed by atoms with Crippen molar-refractivity contribution in [3.05, 3.63) is 12.2 Å². The zero-order valence-corrected chi connectivity index (χ0v) is 8.49. The van der Waals surface area contributed by atoms with E-state index in [9.17, 15) is 14.4 Å². The van der Waals surface area contributed by atoms with Crippen LogP contribution in [-0.2, 0) is 19.1 Å². The first-order valence-corrected chi connectivity index (χ1v) is 4.95. The third-order valence-corrected chi connectivity index (χ3v) is 3.33. The summed E-state index contributed by atoms with van der Waals surface area (Å²) in [5.74, 6) is -0.869. The first kappa shape index (κ1) is 10.1. The number of methoxy groups -OCH3 is 1. The molecule has 2 unspecified atom stereocenters. The van der Waals surface area contributed by atoms with E-state index in [-0.39, 0.29) is 23.9 Å². The van der Waals surface area contributed by atoms with Crippen LogP contribution < -0.4 is 0 Å². The molecule has 2 rings (SSSR count). The molecular weight excluding hydrogens is 196 g/mol. The molecule has 2 atom stereocenters. The zero-order chi connectivity index (χ0) is 11.1. The molecule has 4 heteroatoms. The molecule has 15 heavy (non-hydrogen) atoms. The van der Waals surface area contributed by atoms with E-state index < -0.39 is 11.4 Å². The Morgan fingerprint density at radius 2 is 2.27 bits per heavy atom. The topological polar surface area (TPSA) is 60.4 Å². The predicted molar refractivity (Wildman–Crippen MR) is 50.9 cm³/mol. The minimum Gasteiger partial charge on any atom is -0.468 e. The minimum absolute atomic E-state index is 0.0192. The van der Waals surface area contributed by atoms with Crippen molar-refractivity contribution in [1.29, 1.82) is 0 Å². The van der Waals surface area contributed by atoms with Crippen LogP contribution in [0.3, 0.4) is 0 Å². The van der Waals surface area contributed by atoms with E-state index in [2.05, 4.69) is 4.74 Å². The molecule has 80 valence electrons. The van der Waals surface area contributed by atoms with Gasteiger partial charge in [-0.15, -0.1) is 0 Å². The molecule has 0 amide bonds. The summed E-state index contributed by atoms with van der Waals surface area (Å²) in [5, 5.41) is 0. The van der Waals surface area contributed by atoms with Gasteiger partial charge in [0.1, 0.15) is 5.41 Å². The maximum absolute atomic E-state index is 11.8. The van der Waals surface area contributed by atoms with Crippen LogP contribution in [0.4, 0.5) is 0 Å². The van der Waals surface area contributed by atoms with Crippen LogP contribution in [0, 0.1) is 11.3 Å². The van der Waals surface area contributed by atoms with Crippen molar-refractivity contribution >= 4 is 17.5 Å². The van der Waals surface area contributed by atoms with E-state index in [0.29, 0.717) is 12.8 Å². The molecule has 1 saturated carbocycles. The third-order valence-electron chi connectivity index (χ3n) is 3.33. The fourth-order valence-corrected chi connectivity index (χ4v) is 2.51. The SMILES string of the molecule is COC(=O)C12C=CC(=O)CC1CCC2=O. The van der Waals surface area contributed by atoms with Crippen LogP contribution in [0.5, 0.6) is 0 Å². The number of esters is 1. The van der Waals surface area contributed by atoms with E-state index in [1.54, 1.807) is 0 Å². The van der Waals surface area contributed by atoms with Gasteiger partial charge < -0.3 is 4.74 Å². The Kier molecular flexibility index (Phi) is 2.21. The highest BCUT2D eigenvalue weighted by Gasteiger charge is 2.56. The lowest BCUT2D eigenvalue weighted by molar-refractivity contribution is -0.156. The average Bonchev–Trinajstić information content (AvgIpc) is 2.56. The Morgan fingerprint density at radius 3 is 2.93 bits per heavy atom. The van der Waals surface area contributed by atoms with Gasteiger partial charge in [0, 0.05) is 12.8 Å². The second-order valence-corrected chi connectivity index (χ2v) is 4.02. The fourth-order valence-electron chi connectivity index (χ4n) is 2.51. The molecule has 0 spiro atoms. The normalized spacial score (nSPS) is 34.1. The number of allylic oxidation sites excluding steroid dienone is 1. The Bertz CT molecular complexity index is 369. The van der Waals surface area contributed by atoms with Gasteiger partial charge in [0.25, 0.3) is 0 Å². The highest BCUT2D eigenvalue weighted by molar-refractivity contribution is 6.10. The molecule has 0 aromatic heterocycles. The molecule has 0 bridgehead atoms. The summed E-state index contributed by atoms with van der Waals surface area (Å²) in [6, 6.07) is 0. The zero-order valence-electron chi connectivity index (χ0n) is 8.49. The molecule has 0 aliphatic heterocycles. The van der Waals surface area contributed by atoms with Crippen molar-refractivity contribution in [2.24, 2.45) is 11.3 Å². The van der Waals surface area contributed by atoms with Crippen LogP contribution in [0.2, 0.25) is 0 Å². The fraction of sp³-hybridized carbons (Fsp3) is 0.545. The highest BCUT2D eigenvalue weighted by atomic mass is 16.5. The molecular formula is C11H12O4. The molecule has 1 fully saturated rings. The van der Waals surface area contributed by atoms with Gasteiger partial charge in [0.2, 0.25) is 0 Å². The van der Waals surface area contributed by atoms with Gasteiger partial charge in [0.05, 0.1) is 7.11 Å². The maximum atomic E-state index is 11.8. The summed E-state index contributed by atoms with van der Waals surface area (Å²) in [4.78, 5) is 34.7. The van der Waals surface area contributed by atoms with Gasteiger partial charge in [-0.05, 0) is 18.4 Å². The number of Topliss-reactive ketones (excluding diaryl/α,β-unsaturated/α-hetero) is 1. The maximum Gasteiger partial charge on any atom is 0.323 e. The van der Waals surface area contributed by atoms with E-state index in [1.165, 1.54) is 19.3 Å². The Hall–Kier alpha value is -1.45. The molecule has 0 aromatic carbocycles. The van der Waals surface area contributed by atoms with Crippen molar-refractivity contribution in [1.82, 2.24) is 0 Å². The number of hydrogen-bond donors (Lipinski definition) is 0. The summed E-state index contributed by atoms with van der Waals surface area (Å²) in [6.07, 6.45) is 4.00. The van der Waals surface area contributed by atoms with Gasteiger partial charge in [-0.25, -0.2) is 0 Å².